The first-order valence-corrected chi connectivity index (χ1v) is 7.27. The lowest BCUT2D eigenvalue weighted by Gasteiger charge is -2.16. The van der Waals surface area contributed by atoms with Crippen LogP contribution in [-0.4, -0.2) is 23.0 Å². The average Bonchev–Trinajstić information content (AvgIpc) is 2.97. The van der Waals surface area contributed by atoms with Crippen LogP contribution in [0.4, 0.5) is 0 Å². The van der Waals surface area contributed by atoms with Gasteiger partial charge in [-0.15, -0.1) is 0 Å². The predicted molar refractivity (Wildman–Crippen MR) is 81.2 cm³/mol. The van der Waals surface area contributed by atoms with Gasteiger partial charge >= 0.3 is 0 Å². The number of nitrogens with two attached hydrogens (primary N) is 1. The molecule has 104 valence electrons. The molecule has 0 radical (unpaired) electrons. The summed E-state index contributed by atoms with van der Waals surface area (Å²) in [4.78, 5) is 7.07. The fourth-order valence-electron chi connectivity index (χ4n) is 2.93. The Balaban J connectivity index is 1.63. The first kappa shape index (κ1) is 13.3. The van der Waals surface area contributed by atoms with Crippen molar-refractivity contribution in [3.8, 4) is 0 Å². The van der Waals surface area contributed by atoms with Gasteiger partial charge in [0, 0.05) is 19.6 Å². The van der Waals surface area contributed by atoms with Crippen molar-refractivity contribution < 1.29 is 0 Å². The standard InChI is InChI=1S/C17H21N3/c18-11-16-7-4-8-17(19-16)13-20-10-9-15(12-20)14-5-2-1-3-6-14/h1-8,15H,9-13,18H2. The van der Waals surface area contributed by atoms with Crippen LogP contribution < -0.4 is 5.73 Å². The van der Waals surface area contributed by atoms with Crippen LogP contribution in [-0.2, 0) is 13.1 Å². The lowest BCUT2D eigenvalue weighted by atomic mass is 9.99. The number of aromatic nitrogens is 1. The topological polar surface area (TPSA) is 42.1 Å². The molecule has 1 aliphatic rings. The maximum absolute atomic E-state index is 5.65. The molecule has 1 saturated heterocycles. The van der Waals surface area contributed by atoms with Gasteiger partial charge in [0.05, 0.1) is 11.4 Å². The SMILES string of the molecule is NCc1cccc(CN2CCC(c3ccccc3)C2)n1. The number of rotatable bonds is 4. The minimum Gasteiger partial charge on any atom is -0.325 e. The van der Waals surface area contributed by atoms with Crippen molar-refractivity contribution >= 4 is 0 Å². The van der Waals surface area contributed by atoms with E-state index in [1.54, 1.807) is 0 Å². The molecule has 1 aromatic carbocycles. The summed E-state index contributed by atoms with van der Waals surface area (Å²) in [6.07, 6.45) is 1.24. The van der Waals surface area contributed by atoms with Crippen molar-refractivity contribution in [3.63, 3.8) is 0 Å². The third-order valence-electron chi connectivity index (χ3n) is 4.00. The van der Waals surface area contributed by atoms with E-state index >= 15 is 0 Å². The zero-order chi connectivity index (χ0) is 13.8. The van der Waals surface area contributed by atoms with Crippen molar-refractivity contribution in [2.75, 3.05) is 13.1 Å². The van der Waals surface area contributed by atoms with Crippen LogP contribution in [0.1, 0.15) is 29.3 Å². The van der Waals surface area contributed by atoms with E-state index in [1.165, 1.54) is 12.0 Å². The molecule has 0 saturated carbocycles. The Labute approximate surface area is 120 Å². The first-order chi connectivity index (χ1) is 9.85. The summed E-state index contributed by atoms with van der Waals surface area (Å²) in [7, 11) is 0. The predicted octanol–water partition coefficient (Wildman–Crippen LogP) is 2.53. The highest BCUT2D eigenvalue weighted by Crippen LogP contribution is 2.27. The summed E-state index contributed by atoms with van der Waals surface area (Å²) >= 11 is 0. The van der Waals surface area contributed by atoms with E-state index in [1.807, 2.05) is 6.07 Å². The zero-order valence-corrected chi connectivity index (χ0v) is 11.7. The van der Waals surface area contributed by atoms with Crippen LogP contribution in [0.5, 0.6) is 0 Å². The lowest BCUT2D eigenvalue weighted by Crippen LogP contribution is -2.20. The monoisotopic (exact) mass is 267 g/mol. The van der Waals surface area contributed by atoms with Crippen LogP contribution in [0.15, 0.2) is 48.5 Å². The van der Waals surface area contributed by atoms with E-state index in [4.69, 9.17) is 5.73 Å². The van der Waals surface area contributed by atoms with Crippen molar-refractivity contribution in [1.82, 2.24) is 9.88 Å². The third kappa shape index (κ3) is 3.06. The highest BCUT2D eigenvalue weighted by Gasteiger charge is 2.23. The summed E-state index contributed by atoms with van der Waals surface area (Å²) in [6.45, 7) is 3.71. The molecule has 1 aliphatic heterocycles. The molecule has 0 amide bonds. The third-order valence-corrected chi connectivity index (χ3v) is 4.00. The van der Waals surface area contributed by atoms with Gasteiger partial charge in [0.1, 0.15) is 0 Å². The summed E-state index contributed by atoms with van der Waals surface area (Å²) < 4.78 is 0. The van der Waals surface area contributed by atoms with E-state index in [-0.39, 0.29) is 0 Å². The molecule has 3 nitrogen and oxygen atoms in total. The number of hydrogen-bond donors (Lipinski definition) is 1. The largest absolute Gasteiger partial charge is 0.325 e. The number of likely N-dealkylation sites (tertiary alicyclic amines) is 1. The van der Waals surface area contributed by atoms with E-state index < -0.39 is 0 Å². The number of pyridine rings is 1. The molecule has 0 spiro atoms. The van der Waals surface area contributed by atoms with E-state index in [2.05, 4.69) is 52.3 Å². The molecule has 1 unspecified atom stereocenters. The van der Waals surface area contributed by atoms with Crippen LogP contribution in [0.3, 0.4) is 0 Å². The summed E-state index contributed by atoms with van der Waals surface area (Å²) in [5.41, 5.74) is 9.21. The second-order valence-electron chi connectivity index (χ2n) is 5.46. The average molecular weight is 267 g/mol. The van der Waals surface area contributed by atoms with E-state index in [0.717, 1.165) is 31.0 Å². The summed E-state index contributed by atoms with van der Waals surface area (Å²) in [6, 6.07) is 16.9. The number of benzene rings is 1. The second kappa shape index (κ2) is 6.16. The van der Waals surface area contributed by atoms with Gasteiger partial charge < -0.3 is 5.73 Å². The highest BCUT2D eigenvalue weighted by atomic mass is 15.1. The molecule has 20 heavy (non-hydrogen) atoms. The van der Waals surface area contributed by atoms with Gasteiger partial charge in [-0.3, -0.25) is 9.88 Å². The van der Waals surface area contributed by atoms with Crippen LogP contribution in [0, 0.1) is 0 Å². The Kier molecular flexibility index (Phi) is 4.09. The van der Waals surface area contributed by atoms with Gasteiger partial charge in [-0.1, -0.05) is 36.4 Å². The molecule has 3 rings (SSSR count). The van der Waals surface area contributed by atoms with E-state index in [9.17, 15) is 0 Å². The maximum atomic E-state index is 5.65. The van der Waals surface area contributed by atoms with Gasteiger partial charge in [-0.2, -0.15) is 0 Å². The molecular formula is C17H21N3. The molecule has 3 heteroatoms. The fourth-order valence-corrected chi connectivity index (χ4v) is 2.93. The second-order valence-corrected chi connectivity index (χ2v) is 5.46. The van der Waals surface area contributed by atoms with Gasteiger partial charge in [0.15, 0.2) is 0 Å². The molecule has 2 aromatic rings. The quantitative estimate of drug-likeness (QED) is 0.925. The van der Waals surface area contributed by atoms with Crippen LogP contribution in [0.25, 0.3) is 0 Å². The Bertz CT molecular complexity index is 553. The Morgan fingerprint density at radius 3 is 2.65 bits per heavy atom. The zero-order valence-electron chi connectivity index (χ0n) is 11.7. The molecule has 1 atom stereocenters. The minimum atomic E-state index is 0.514. The van der Waals surface area contributed by atoms with Crippen molar-refractivity contribution in [1.29, 1.82) is 0 Å². The Hall–Kier alpha value is -1.71. The Morgan fingerprint density at radius 2 is 1.85 bits per heavy atom. The minimum absolute atomic E-state index is 0.514. The molecule has 2 heterocycles. The molecule has 2 N–H and O–H groups in total. The van der Waals surface area contributed by atoms with Crippen LogP contribution >= 0.6 is 0 Å². The van der Waals surface area contributed by atoms with Crippen molar-refractivity contribution in [2.45, 2.75) is 25.4 Å². The number of nitrogens with zero attached hydrogens (tertiary/aromatic N) is 2. The molecule has 0 aliphatic carbocycles. The molecule has 1 fully saturated rings. The lowest BCUT2D eigenvalue weighted by molar-refractivity contribution is 0.322. The highest BCUT2D eigenvalue weighted by molar-refractivity contribution is 5.21. The summed E-state index contributed by atoms with van der Waals surface area (Å²) in [5.74, 6) is 0.661. The van der Waals surface area contributed by atoms with Crippen molar-refractivity contribution in [2.24, 2.45) is 5.73 Å². The van der Waals surface area contributed by atoms with Crippen molar-refractivity contribution in [3.05, 3.63) is 65.5 Å². The molecular weight excluding hydrogens is 246 g/mol. The van der Waals surface area contributed by atoms with E-state index in [0.29, 0.717) is 12.5 Å². The molecule has 0 bridgehead atoms. The van der Waals surface area contributed by atoms with Gasteiger partial charge in [-0.05, 0) is 36.6 Å². The summed E-state index contributed by atoms with van der Waals surface area (Å²) in [5, 5.41) is 0. The number of hydrogen-bond acceptors (Lipinski definition) is 3. The first-order valence-electron chi connectivity index (χ1n) is 7.27. The van der Waals surface area contributed by atoms with Crippen LogP contribution in [0.2, 0.25) is 0 Å². The maximum Gasteiger partial charge on any atom is 0.0547 e. The van der Waals surface area contributed by atoms with Gasteiger partial charge in [0.2, 0.25) is 0 Å². The molecule has 1 aromatic heterocycles. The Morgan fingerprint density at radius 1 is 1.05 bits per heavy atom. The smallest absolute Gasteiger partial charge is 0.0547 e. The van der Waals surface area contributed by atoms with Gasteiger partial charge in [0.25, 0.3) is 0 Å². The fraction of sp³-hybridized carbons (Fsp3) is 0.353. The normalized spacial score (nSPS) is 19.4. The van der Waals surface area contributed by atoms with Gasteiger partial charge in [-0.25, -0.2) is 0 Å².